The predicted octanol–water partition coefficient (Wildman–Crippen LogP) is 4.87. The zero-order valence-electron chi connectivity index (χ0n) is 12.0. The Kier molecular flexibility index (Phi) is 3.37. The minimum absolute atomic E-state index is 0.370. The van der Waals surface area contributed by atoms with Crippen molar-refractivity contribution in [1.82, 2.24) is 5.16 Å². The number of nitrogen functional groups attached to an aromatic ring is 1. The molecule has 0 aliphatic carbocycles. The van der Waals surface area contributed by atoms with E-state index in [9.17, 15) is 0 Å². The van der Waals surface area contributed by atoms with Crippen molar-refractivity contribution in [3.63, 3.8) is 0 Å². The lowest BCUT2D eigenvalue weighted by molar-refractivity contribution is 0.434. The zero-order valence-corrected chi connectivity index (χ0v) is 13.6. The van der Waals surface area contributed by atoms with E-state index in [2.05, 4.69) is 21.1 Å². The van der Waals surface area contributed by atoms with E-state index in [-0.39, 0.29) is 0 Å². The largest absolute Gasteiger partial charge is 0.466 e. The van der Waals surface area contributed by atoms with Crippen LogP contribution in [0.2, 0.25) is 0 Å². The Morgan fingerprint density at radius 2 is 1.76 bits per heavy atom. The van der Waals surface area contributed by atoms with Crippen LogP contribution in [0.4, 0.5) is 5.82 Å². The number of nitrogens with two attached hydrogens (primary N) is 1. The van der Waals surface area contributed by atoms with E-state index in [4.69, 9.17) is 14.7 Å². The van der Waals surface area contributed by atoms with Gasteiger partial charge in [0.15, 0.2) is 11.6 Å². The molecule has 0 amide bonds. The molecule has 0 radical (unpaired) electrons. The van der Waals surface area contributed by atoms with E-state index in [0.29, 0.717) is 11.6 Å². The number of hydrogen-bond acceptors (Lipinski definition) is 4. The van der Waals surface area contributed by atoms with Crippen LogP contribution in [0.15, 0.2) is 37.7 Å². The van der Waals surface area contributed by atoms with Crippen LogP contribution < -0.4 is 5.73 Å². The fraction of sp³-hybridized carbons (Fsp3) is 0.188. The molecule has 0 bridgehead atoms. The van der Waals surface area contributed by atoms with E-state index in [1.54, 1.807) is 0 Å². The molecular formula is C16H15BrN2O2. The van der Waals surface area contributed by atoms with Crippen molar-refractivity contribution in [2.24, 2.45) is 0 Å². The van der Waals surface area contributed by atoms with Gasteiger partial charge >= 0.3 is 0 Å². The topological polar surface area (TPSA) is 65.2 Å². The zero-order chi connectivity index (χ0) is 15.1. The highest BCUT2D eigenvalue weighted by Crippen LogP contribution is 2.43. The summed E-state index contributed by atoms with van der Waals surface area (Å²) in [6, 6.07) is 7.85. The van der Waals surface area contributed by atoms with E-state index < -0.39 is 0 Å². The van der Waals surface area contributed by atoms with E-state index in [0.717, 1.165) is 38.2 Å². The van der Waals surface area contributed by atoms with Gasteiger partial charge in [0.05, 0.1) is 11.1 Å². The Bertz CT molecular complexity index is 818. The van der Waals surface area contributed by atoms with Gasteiger partial charge in [-0.3, -0.25) is 0 Å². The summed E-state index contributed by atoms with van der Waals surface area (Å²) in [5, 5.41) is 3.94. The van der Waals surface area contributed by atoms with Gasteiger partial charge in [-0.2, -0.15) is 0 Å². The number of benzene rings is 1. The van der Waals surface area contributed by atoms with Crippen molar-refractivity contribution in [2.75, 3.05) is 5.73 Å². The minimum Gasteiger partial charge on any atom is -0.466 e. The average molecular weight is 347 g/mol. The van der Waals surface area contributed by atoms with Crippen molar-refractivity contribution in [1.29, 1.82) is 0 Å². The Labute approximate surface area is 131 Å². The van der Waals surface area contributed by atoms with Crippen molar-refractivity contribution < 1.29 is 8.94 Å². The normalized spacial score (nSPS) is 11.0. The summed E-state index contributed by atoms with van der Waals surface area (Å²) in [7, 11) is 0. The van der Waals surface area contributed by atoms with E-state index in [1.165, 1.54) is 0 Å². The molecule has 0 spiro atoms. The number of furan rings is 1. The van der Waals surface area contributed by atoms with Crippen LogP contribution in [0, 0.1) is 20.8 Å². The summed E-state index contributed by atoms with van der Waals surface area (Å²) < 4.78 is 12.1. The second kappa shape index (κ2) is 5.07. The summed E-state index contributed by atoms with van der Waals surface area (Å²) in [4.78, 5) is 0. The molecule has 108 valence electrons. The second-order valence-corrected chi connectivity index (χ2v) is 5.82. The number of rotatable bonds is 2. The van der Waals surface area contributed by atoms with Crippen LogP contribution in [0.5, 0.6) is 0 Å². The van der Waals surface area contributed by atoms with Crippen LogP contribution in [0.25, 0.3) is 22.5 Å². The van der Waals surface area contributed by atoms with Gasteiger partial charge in [-0.1, -0.05) is 39.3 Å². The second-order valence-electron chi connectivity index (χ2n) is 4.97. The number of anilines is 1. The SMILES string of the molecule is Cc1oc(C)c(-c2onc(N)c2-c2ccccc2Br)c1C. The molecular weight excluding hydrogens is 332 g/mol. The first kappa shape index (κ1) is 13.9. The van der Waals surface area contributed by atoms with Crippen LogP contribution in [-0.2, 0) is 0 Å². The Balaban J connectivity index is 2.30. The molecule has 0 aliphatic rings. The highest BCUT2D eigenvalue weighted by molar-refractivity contribution is 9.10. The van der Waals surface area contributed by atoms with E-state index >= 15 is 0 Å². The van der Waals surface area contributed by atoms with Gasteiger partial charge in [-0.25, -0.2) is 0 Å². The maximum Gasteiger partial charge on any atom is 0.180 e. The molecule has 0 fully saturated rings. The average Bonchev–Trinajstić information content (AvgIpc) is 2.92. The molecule has 0 atom stereocenters. The van der Waals surface area contributed by atoms with Crippen molar-refractivity contribution in [2.45, 2.75) is 20.8 Å². The molecule has 0 aliphatic heterocycles. The highest BCUT2D eigenvalue weighted by atomic mass is 79.9. The van der Waals surface area contributed by atoms with Crippen molar-refractivity contribution >= 4 is 21.7 Å². The first-order valence-electron chi connectivity index (χ1n) is 6.57. The number of hydrogen-bond donors (Lipinski definition) is 1. The fourth-order valence-electron chi connectivity index (χ4n) is 2.52. The van der Waals surface area contributed by atoms with Gasteiger partial charge in [0.2, 0.25) is 0 Å². The molecule has 2 N–H and O–H groups in total. The first-order valence-corrected chi connectivity index (χ1v) is 7.37. The number of nitrogens with zero attached hydrogens (tertiary/aromatic N) is 1. The maximum atomic E-state index is 6.03. The Morgan fingerprint density at radius 3 is 2.38 bits per heavy atom. The molecule has 5 heteroatoms. The van der Waals surface area contributed by atoms with Gasteiger partial charge in [0, 0.05) is 15.6 Å². The van der Waals surface area contributed by atoms with Gasteiger partial charge < -0.3 is 14.7 Å². The predicted molar refractivity (Wildman–Crippen MR) is 86.0 cm³/mol. The van der Waals surface area contributed by atoms with Crippen molar-refractivity contribution in [3.8, 4) is 22.5 Å². The smallest absolute Gasteiger partial charge is 0.180 e. The molecule has 2 heterocycles. The monoisotopic (exact) mass is 346 g/mol. The summed E-state index contributed by atoms with van der Waals surface area (Å²) >= 11 is 3.55. The van der Waals surface area contributed by atoms with Gasteiger partial charge in [0.1, 0.15) is 11.5 Å². The molecule has 0 unspecified atom stereocenters. The van der Waals surface area contributed by atoms with Gasteiger partial charge in [0.25, 0.3) is 0 Å². The standard InChI is InChI=1S/C16H15BrN2O2/c1-8-9(2)20-10(3)13(8)15-14(16(18)19-21-15)11-6-4-5-7-12(11)17/h4-7H,1-3H3,(H2,18,19). The molecule has 0 saturated carbocycles. The maximum absolute atomic E-state index is 6.03. The molecule has 2 aromatic heterocycles. The minimum atomic E-state index is 0.370. The number of halogens is 1. The lowest BCUT2D eigenvalue weighted by Gasteiger charge is -2.05. The summed E-state index contributed by atoms with van der Waals surface area (Å²) in [6.07, 6.45) is 0. The van der Waals surface area contributed by atoms with Gasteiger partial charge in [-0.05, 0) is 26.8 Å². The van der Waals surface area contributed by atoms with Crippen molar-refractivity contribution in [3.05, 3.63) is 45.8 Å². The third-order valence-electron chi connectivity index (χ3n) is 3.65. The van der Waals surface area contributed by atoms with Crippen LogP contribution >= 0.6 is 15.9 Å². The first-order chi connectivity index (χ1) is 10.0. The molecule has 3 aromatic rings. The molecule has 1 aromatic carbocycles. The lowest BCUT2D eigenvalue weighted by Crippen LogP contribution is -1.90. The number of aromatic nitrogens is 1. The quantitative estimate of drug-likeness (QED) is 0.718. The highest BCUT2D eigenvalue weighted by Gasteiger charge is 2.24. The summed E-state index contributed by atoms with van der Waals surface area (Å²) in [6.45, 7) is 5.85. The van der Waals surface area contributed by atoms with Crippen LogP contribution in [0.1, 0.15) is 17.1 Å². The Hall–Kier alpha value is -2.01. The third-order valence-corrected chi connectivity index (χ3v) is 4.34. The van der Waals surface area contributed by atoms with Gasteiger partial charge in [-0.15, -0.1) is 0 Å². The van der Waals surface area contributed by atoms with Crippen LogP contribution in [-0.4, -0.2) is 5.16 Å². The molecule has 21 heavy (non-hydrogen) atoms. The molecule has 0 saturated heterocycles. The molecule has 4 nitrogen and oxygen atoms in total. The molecule has 3 rings (SSSR count). The fourth-order valence-corrected chi connectivity index (χ4v) is 3.01. The van der Waals surface area contributed by atoms with E-state index in [1.807, 2.05) is 45.0 Å². The third kappa shape index (κ3) is 2.17. The summed E-state index contributed by atoms with van der Waals surface area (Å²) in [5.74, 6) is 2.69. The number of aryl methyl sites for hydroxylation is 2. The van der Waals surface area contributed by atoms with Crippen LogP contribution in [0.3, 0.4) is 0 Å². The lowest BCUT2D eigenvalue weighted by atomic mass is 9.99. The summed E-state index contributed by atoms with van der Waals surface area (Å²) in [5.41, 5.74) is 9.72. The Morgan fingerprint density at radius 1 is 1.05 bits per heavy atom.